The van der Waals surface area contributed by atoms with Gasteiger partial charge in [-0.05, 0) is 122 Å². The standard InChI is InChI=1S/C38H69N3O4/c1-28(17-20-35(42)40-43)31-18-19-32-30-22-23-36(2)27-29(16-14-12-10-8-6-5-7-9-11-13-15-25-39)21-24-37(36,3)33(30)26-34(41(44)45)38(31,32)4/h28-35,42H,5-27,39H2,1-4H3/t28?,29-,30?,31?,32?,33?,34?,35?,36?,37?,38?/m0/s1. The van der Waals surface area contributed by atoms with Crippen LogP contribution < -0.4 is 5.73 Å². The number of fused-ring (bicyclic) bond motifs is 5. The fourth-order valence-corrected chi connectivity index (χ4v) is 12.1. The summed E-state index contributed by atoms with van der Waals surface area (Å²) >= 11 is 0. The van der Waals surface area contributed by atoms with Crippen molar-refractivity contribution in [1.29, 1.82) is 0 Å². The third-order valence-corrected chi connectivity index (χ3v) is 14.9. The molecule has 0 heterocycles. The molecule has 4 aliphatic rings. The molecule has 4 fully saturated rings. The van der Waals surface area contributed by atoms with Crippen LogP contribution in [0.4, 0.5) is 0 Å². The van der Waals surface area contributed by atoms with E-state index in [0.29, 0.717) is 36.0 Å². The Morgan fingerprint density at radius 1 is 0.867 bits per heavy atom. The van der Waals surface area contributed by atoms with E-state index in [0.717, 1.165) is 31.7 Å². The maximum atomic E-state index is 12.9. The first-order valence-electron chi connectivity index (χ1n) is 19.4. The third-order valence-electron chi connectivity index (χ3n) is 14.9. The molecule has 45 heavy (non-hydrogen) atoms. The van der Waals surface area contributed by atoms with Gasteiger partial charge in [-0.15, -0.1) is 4.91 Å². The maximum absolute atomic E-state index is 12.9. The zero-order valence-corrected chi connectivity index (χ0v) is 29.5. The lowest BCUT2D eigenvalue weighted by Gasteiger charge is -2.65. The van der Waals surface area contributed by atoms with Gasteiger partial charge in [-0.2, -0.15) is 0 Å². The van der Waals surface area contributed by atoms with Crippen molar-refractivity contribution >= 4 is 0 Å². The predicted octanol–water partition coefficient (Wildman–Crippen LogP) is 10.0. The van der Waals surface area contributed by atoms with Gasteiger partial charge in [-0.3, -0.25) is 10.1 Å². The summed E-state index contributed by atoms with van der Waals surface area (Å²) in [6.45, 7) is 10.4. The predicted molar refractivity (Wildman–Crippen MR) is 184 cm³/mol. The second kappa shape index (κ2) is 16.3. The van der Waals surface area contributed by atoms with Crippen molar-refractivity contribution in [2.75, 3.05) is 6.54 Å². The number of nitroso groups, excluding NO2 is 1. The highest BCUT2D eigenvalue weighted by Gasteiger charge is 2.69. The van der Waals surface area contributed by atoms with Gasteiger partial charge >= 0.3 is 0 Å². The molecule has 260 valence electrons. The molecule has 0 spiro atoms. The minimum atomic E-state index is -1.16. The van der Waals surface area contributed by atoms with Crippen molar-refractivity contribution in [3.8, 4) is 0 Å². The molecule has 7 heteroatoms. The van der Waals surface area contributed by atoms with Gasteiger partial charge in [0.15, 0.2) is 6.23 Å². The number of nitro groups is 1. The van der Waals surface area contributed by atoms with E-state index < -0.39 is 12.3 Å². The highest BCUT2D eigenvalue weighted by Crippen LogP contribution is 2.72. The molecule has 0 amide bonds. The molecule has 10 unspecified atom stereocenters. The summed E-state index contributed by atoms with van der Waals surface area (Å²) in [5, 5.41) is 25.4. The lowest BCUT2D eigenvalue weighted by Crippen LogP contribution is -2.62. The number of rotatable bonds is 19. The van der Waals surface area contributed by atoms with Gasteiger partial charge in [-0.1, -0.05) is 98.3 Å². The van der Waals surface area contributed by atoms with Crippen LogP contribution in [0, 0.1) is 66.8 Å². The largest absolute Gasteiger partial charge is 0.369 e. The zero-order chi connectivity index (χ0) is 32.7. The molecule has 4 aliphatic carbocycles. The Hall–Kier alpha value is -1.08. The quantitative estimate of drug-likeness (QED) is 0.0636. The number of nitrogens with zero attached hydrogens (tertiary/aromatic N) is 2. The van der Waals surface area contributed by atoms with E-state index in [1.807, 2.05) is 0 Å². The Bertz CT molecular complexity index is 948. The summed E-state index contributed by atoms with van der Waals surface area (Å²) in [6, 6.07) is -0.499. The maximum Gasteiger partial charge on any atom is 0.219 e. The molecule has 4 rings (SSSR count). The average Bonchev–Trinajstić information content (AvgIpc) is 3.37. The molecule has 0 radical (unpaired) electrons. The van der Waals surface area contributed by atoms with Crippen LogP contribution in [0.25, 0.3) is 0 Å². The minimum absolute atomic E-state index is 0.0977. The third kappa shape index (κ3) is 7.98. The average molecular weight is 632 g/mol. The van der Waals surface area contributed by atoms with Gasteiger partial charge in [0.1, 0.15) is 0 Å². The van der Waals surface area contributed by atoms with Crippen molar-refractivity contribution in [2.24, 2.45) is 62.7 Å². The van der Waals surface area contributed by atoms with Crippen molar-refractivity contribution in [3.05, 3.63) is 15.0 Å². The molecule has 7 nitrogen and oxygen atoms in total. The lowest BCUT2D eigenvalue weighted by atomic mass is 9.39. The number of aliphatic hydroxyl groups is 1. The molecule has 11 atom stereocenters. The van der Waals surface area contributed by atoms with Crippen LogP contribution in [0.1, 0.15) is 169 Å². The first-order chi connectivity index (χ1) is 21.5. The van der Waals surface area contributed by atoms with Gasteiger partial charge in [0.05, 0.1) is 0 Å². The zero-order valence-electron chi connectivity index (χ0n) is 29.5. The van der Waals surface area contributed by atoms with Gasteiger partial charge in [0.25, 0.3) is 0 Å². The smallest absolute Gasteiger partial charge is 0.219 e. The van der Waals surface area contributed by atoms with E-state index in [1.165, 1.54) is 109 Å². The van der Waals surface area contributed by atoms with Gasteiger partial charge < -0.3 is 10.8 Å². The fourth-order valence-electron chi connectivity index (χ4n) is 12.1. The highest BCUT2D eigenvalue weighted by atomic mass is 16.6. The first-order valence-corrected chi connectivity index (χ1v) is 19.4. The molecule has 0 aromatic carbocycles. The molecular weight excluding hydrogens is 562 g/mol. The van der Waals surface area contributed by atoms with Crippen LogP contribution in [0.3, 0.4) is 0 Å². The topological polar surface area (TPSA) is 119 Å². The van der Waals surface area contributed by atoms with Crippen LogP contribution in [0.2, 0.25) is 0 Å². The van der Waals surface area contributed by atoms with Gasteiger partial charge in [0.2, 0.25) is 6.04 Å². The Morgan fingerprint density at radius 3 is 2.09 bits per heavy atom. The van der Waals surface area contributed by atoms with Crippen molar-refractivity contribution in [1.82, 2.24) is 0 Å². The van der Waals surface area contributed by atoms with Crippen molar-refractivity contribution in [2.45, 2.75) is 181 Å². The SMILES string of the molecule is CC(CCC(O)N=O)C1CCC2C3CCC4(C)C[C@@H](CCCCCCCCCCCCCN)CCC4(C)C3CC([N+](=O)[O-])C12C. The lowest BCUT2D eigenvalue weighted by molar-refractivity contribution is -0.556. The summed E-state index contributed by atoms with van der Waals surface area (Å²) in [5.41, 5.74) is 5.76. The van der Waals surface area contributed by atoms with Gasteiger partial charge in [-0.25, -0.2) is 0 Å². The molecular formula is C38H69N3O4. The fraction of sp³-hybridized carbons (Fsp3) is 1.00. The Kier molecular flexibility index (Phi) is 13.4. The summed E-state index contributed by atoms with van der Waals surface area (Å²) < 4.78 is 0. The van der Waals surface area contributed by atoms with Crippen LogP contribution >= 0.6 is 0 Å². The minimum Gasteiger partial charge on any atom is -0.369 e. The van der Waals surface area contributed by atoms with Crippen molar-refractivity contribution < 1.29 is 10.0 Å². The van der Waals surface area contributed by atoms with E-state index in [-0.39, 0.29) is 27.6 Å². The van der Waals surface area contributed by atoms with E-state index in [9.17, 15) is 20.1 Å². The molecule has 0 aliphatic heterocycles. The van der Waals surface area contributed by atoms with E-state index >= 15 is 0 Å². The second-order valence-corrected chi connectivity index (χ2v) is 17.2. The molecule has 0 saturated heterocycles. The summed E-state index contributed by atoms with van der Waals surface area (Å²) in [4.78, 5) is 23.7. The molecule has 0 aromatic rings. The van der Waals surface area contributed by atoms with Crippen molar-refractivity contribution in [3.63, 3.8) is 0 Å². The summed E-state index contributed by atoms with van der Waals surface area (Å²) in [7, 11) is 0. The van der Waals surface area contributed by atoms with Crippen LogP contribution in [-0.2, 0) is 0 Å². The second-order valence-electron chi connectivity index (χ2n) is 17.2. The normalized spacial score (nSPS) is 39.0. The Morgan fingerprint density at radius 2 is 1.49 bits per heavy atom. The summed E-state index contributed by atoms with van der Waals surface area (Å²) in [6.07, 6.45) is 25.4. The number of aliphatic hydroxyl groups excluding tert-OH is 1. The molecule has 3 N–H and O–H groups in total. The van der Waals surface area contributed by atoms with E-state index in [4.69, 9.17) is 5.73 Å². The van der Waals surface area contributed by atoms with E-state index in [2.05, 4.69) is 32.9 Å². The molecule has 0 bridgehead atoms. The van der Waals surface area contributed by atoms with Crippen LogP contribution in [0.5, 0.6) is 0 Å². The number of nitrogens with two attached hydrogens (primary N) is 1. The van der Waals surface area contributed by atoms with Crippen LogP contribution in [-0.4, -0.2) is 28.8 Å². The Labute approximate surface area is 275 Å². The highest BCUT2D eigenvalue weighted by molar-refractivity contribution is 5.15. The monoisotopic (exact) mass is 632 g/mol. The number of hydrogen-bond acceptors (Lipinski definition) is 6. The first kappa shape index (κ1) is 36.8. The Balaban J connectivity index is 1.29. The van der Waals surface area contributed by atoms with Gasteiger partial charge in [0, 0.05) is 16.8 Å². The molecule has 4 saturated carbocycles. The number of unbranched alkanes of at least 4 members (excludes halogenated alkanes) is 10. The number of hydrogen-bond donors (Lipinski definition) is 2. The summed E-state index contributed by atoms with van der Waals surface area (Å²) in [5.74, 6) is 2.77. The molecule has 0 aromatic heterocycles. The van der Waals surface area contributed by atoms with E-state index in [1.54, 1.807) is 0 Å². The van der Waals surface area contributed by atoms with Crippen LogP contribution in [0.15, 0.2) is 5.18 Å².